The van der Waals surface area contributed by atoms with Gasteiger partial charge in [-0.15, -0.1) is 12.4 Å². The van der Waals surface area contributed by atoms with Crippen LogP contribution >= 0.6 is 12.4 Å². The summed E-state index contributed by atoms with van der Waals surface area (Å²) in [6.45, 7) is 1.37. The van der Waals surface area contributed by atoms with Crippen LogP contribution in [0.5, 0.6) is 17.4 Å². The van der Waals surface area contributed by atoms with Crippen LogP contribution in [-0.4, -0.2) is 22.2 Å². The summed E-state index contributed by atoms with van der Waals surface area (Å²) in [5.74, 6) is -0.776. The molecule has 5 nitrogen and oxygen atoms in total. The maximum Gasteiger partial charge on any atom is 0.416 e. The normalized spacial score (nSPS) is 12.0. The van der Waals surface area contributed by atoms with Crippen LogP contribution in [0.4, 0.5) is 13.2 Å². The number of hydrogen-bond acceptors (Lipinski definition) is 4. The van der Waals surface area contributed by atoms with E-state index < -0.39 is 23.8 Å². The average Bonchev–Trinajstić information content (AvgIpc) is 2.48. The summed E-state index contributed by atoms with van der Waals surface area (Å²) in [5, 5.41) is 8.73. The number of ether oxygens (including phenoxy) is 2. The molecule has 0 aliphatic carbocycles. The first-order valence-corrected chi connectivity index (χ1v) is 6.46. The van der Waals surface area contributed by atoms with Gasteiger partial charge in [0.15, 0.2) is 6.10 Å². The van der Waals surface area contributed by atoms with E-state index in [1.165, 1.54) is 31.2 Å². The van der Waals surface area contributed by atoms with Crippen molar-refractivity contribution in [3.63, 3.8) is 0 Å². The quantitative estimate of drug-likeness (QED) is 0.863. The van der Waals surface area contributed by atoms with Crippen LogP contribution in [0.2, 0.25) is 0 Å². The number of carbonyl (C=O) groups is 1. The molecule has 0 aliphatic heterocycles. The summed E-state index contributed by atoms with van der Waals surface area (Å²) in [4.78, 5) is 14.4. The maximum atomic E-state index is 12.6. The number of aliphatic carboxylic acids is 1. The van der Waals surface area contributed by atoms with Crippen molar-refractivity contribution < 1.29 is 32.5 Å². The molecule has 130 valence electrons. The van der Waals surface area contributed by atoms with Crippen LogP contribution in [0.15, 0.2) is 42.6 Å². The van der Waals surface area contributed by atoms with Crippen molar-refractivity contribution in [2.24, 2.45) is 0 Å². The number of pyridine rings is 1. The van der Waals surface area contributed by atoms with Crippen molar-refractivity contribution in [2.75, 3.05) is 0 Å². The summed E-state index contributed by atoms with van der Waals surface area (Å²) in [5.41, 5.74) is -0.863. The zero-order valence-corrected chi connectivity index (χ0v) is 13.1. The van der Waals surface area contributed by atoms with Crippen LogP contribution in [-0.2, 0) is 11.0 Å². The molecule has 0 aliphatic rings. The standard InChI is InChI=1S/C15H12F3NO4.ClH/c1-9(14(20)21)22-11-2-4-12(5-3-11)23-13-8-10(6-7-19-13)15(16,17)18;/h2-9H,1H3,(H,20,21);1H. The molecule has 0 saturated carbocycles. The molecule has 1 aromatic carbocycles. The maximum absolute atomic E-state index is 12.6. The van der Waals surface area contributed by atoms with Gasteiger partial charge in [-0.3, -0.25) is 0 Å². The molecule has 0 fully saturated rings. The van der Waals surface area contributed by atoms with E-state index in [2.05, 4.69) is 4.98 Å². The molecule has 0 amide bonds. The van der Waals surface area contributed by atoms with Crippen molar-refractivity contribution >= 4 is 18.4 Å². The number of carboxylic acids is 1. The number of benzene rings is 1. The lowest BCUT2D eigenvalue weighted by Crippen LogP contribution is -2.22. The van der Waals surface area contributed by atoms with E-state index in [1.54, 1.807) is 0 Å². The minimum Gasteiger partial charge on any atom is -0.479 e. The van der Waals surface area contributed by atoms with Gasteiger partial charge < -0.3 is 14.6 Å². The van der Waals surface area contributed by atoms with Crippen LogP contribution in [0, 0.1) is 0 Å². The Balaban J connectivity index is 0.00000288. The van der Waals surface area contributed by atoms with E-state index in [-0.39, 0.29) is 24.0 Å². The SMILES string of the molecule is CC(Oc1ccc(Oc2cc(C(F)(F)F)ccn2)cc1)C(=O)O.Cl. The number of carboxylic acid groups (broad SMARTS) is 1. The van der Waals surface area contributed by atoms with Crippen molar-refractivity contribution in [1.29, 1.82) is 0 Å². The van der Waals surface area contributed by atoms with Crippen molar-refractivity contribution in [2.45, 2.75) is 19.2 Å². The van der Waals surface area contributed by atoms with E-state index in [0.29, 0.717) is 5.75 Å². The second-order valence-corrected chi connectivity index (χ2v) is 4.55. The van der Waals surface area contributed by atoms with Gasteiger partial charge in [-0.25, -0.2) is 9.78 Å². The fourth-order valence-corrected chi connectivity index (χ4v) is 1.60. The Morgan fingerprint density at radius 3 is 2.29 bits per heavy atom. The predicted octanol–water partition coefficient (Wildman–Crippen LogP) is 4.17. The number of rotatable bonds is 5. The first-order chi connectivity index (χ1) is 10.8. The second kappa shape index (κ2) is 7.87. The molecule has 1 heterocycles. The third-order valence-corrected chi connectivity index (χ3v) is 2.77. The number of halogens is 4. The predicted molar refractivity (Wildman–Crippen MR) is 80.7 cm³/mol. The average molecular weight is 364 g/mol. The Kier molecular flexibility index (Phi) is 6.42. The van der Waals surface area contributed by atoms with Gasteiger partial charge in [0.1, 0.15) is 11.5 Å². The van der Waals surface area contributed by atoms with Gasteiger partial charge in [0.2, 0.25) is 5.88 Å². The second-order valence-electron chi connectivity index (χ2n) is 4.55. The van der Waals surface area contributed by atoms with E-state index in [4.69, 9.17) is 14.6 Å². The van der Waals surface area contributed by atoms with Gasteiger partial charge >= 0.3 is 12.1 Å². The molecule has 2 rings (SSSR count). The van der Waals surface area contributed by atoms with Crippen LogP contribution in [0.3, 0.4) is 0 Å². The Morgan fingerprint density at radius 2 is 1.75 bits per heavy atom. The highest BCUT2D eigenvalue weighted by Crippen LogP contribution is 2.31. The smallest absolute Gasteiger partial charge is 0.416 e. The highest BCUT2D eigenvalue weighted by molar-refractivity contribution is 5.85. The number of nitrogens with zero attached hydrogens (tertiary/aromatic N) is 1. The van der Waals surface area contributed by atoms with Gasteiger partial charge in [-0.05, 0) is 37.3 Å². The summed E-state index contributed by atoms with van der Waals surface area (Å²) < 4.78 is 48.2. The van der Waals surface area contributed by atoms with Gasteiger partial charge in [-0.1, -0.05) is 0 Å². The molecule has 9 heteroatoms. The first kappa shape index (κ1) is 19.6. The fraction of sp³-hybridized carbons (Fsp3) is 0.200. The first-order valence-electron chi connectivity index (χ1n) is 6.46. The number of aromatic nitrogens is 1. The highest BCUT2D eigenvalue weighted by Gasteiger charge is 2.31. The molecule has 1 unspecified atom stereocenters. The zero-order chi connectivity index (χ0) is 17.0. The summed E-state index contributed by atoms with van der Waals surface area (Å²) in [6, 6.07) is 7.40. The van der Waals surface area contributed by atoms with Crippen molar-refractivity contribution in [3.8, 4) is 17.4 Å². The Bertz CT molecular complexity index is 692. The minimum absolute atomic E-state index is 0. The highest BCUT2D eigenvalue weighted by atomic mass is 35.5. The molecule has 1 atom stereocenters. The molecule has 0 saturated heterocycles. The van der Waals surface area contributed by atoms with Crippen LogP contribution < -0.4 is 9.47 Å². The minimum atomic E-state index is -4.48. The zero-order valence-electron chi connectivity index (χ0n) is 12.3. The molecule has 0 bridgehead atoms. The summed E-state index contributed by atoms with van der Waals surface area (Å²) in [7, 11) is 0. The molecule has 0 spiro atoms. The molecular formula is C15H13ClF3NO4. The van der Waals surface area contributed by atoms with Gasteiger partial charge in [0.25, 0.3) is 0 Å². The van der Waals surface area contributed by atoms with Crippen LogP contribution in [0.1, 0.15) is 12.5 Å². The number of alkyl halides is 3. The van der Waals surface area contributed by atoms with E-state index in [9.17, 15) is 18.0 Å². The number of hydrogen-bond donors (Lipinski definition) is 1. The molecule has 1 aromatic heterocycles. The lowest BCUT2D eigenvalue weighted by molar-refractivity contribution is -0.144. The topological polar surface area (TPSA) is 68.7 Å². The summed E-state index contributed by atoms with van der Waals surface area (Å²) >= 11 is 0. The Hall–Kier alpha value is -2.48. The van der Waals surface area contributed by atoms with E-state index in [0.717, 1.165) is 18.3 Å². The van der Waals surface area contributed by atoms with Crippen LogP contribution in [0.25, 0.3) is 0 Å². The Morgan fingerprint density at radius 1 is 1.17 bits per heavy atom. The fourth-order valence-electron chi connectivity index (χ4n) is 1.60. The van der Waals surface area contributed by atoms with Gasteiger partial charge in [-0.2, -0.15) is 13.2 Å². The summed E-state index contributed by atoms with van der Waals surface area (Å²) in [6.07, 6.45) is -4.50. The third-order valence-electron chi connectivity index (χ3n) is 2.77. The monoisotopic (exact) mass is 363 g/mol. The largest absolute Gasteiger partial charge is 0.479 e. The molecule has 1 N–H and O–H groups in total. The van der Waals surface area contributed by atoms with E-state index >= 15 is 0 Å². The van der Waals surface area contributed by atoms with Crippen molar-refractivity contribution in [3.05, 3.63) is 48.2 Å². The van der Waals surface area contributed by atoms with Crippen molar-refractivity contribution in [1.82, 2.24) is 4.98 Å². The van der Waals surface area contributed by atoms with E-state index in [1.807, 2.05) is 0 Å². The third kappa shape index (κ3) is 5.31. The molecule has 2 aromatic rings. The Labute approximate surface area is 141 Å². The molecule has 0 radical (unpaired) electrons. The molecule has 24 heavy (non-hydrogen) atoms. The lowest BCUT2D eigenvalue weighted by atomic mass is 10.2. The van der Waals surface area contributed by atoms with Gasteiger partial charge in [0.05, 0.1) is 5.56 Å². The molecular weight excluding hydrogens is 351 g/mol. The van der Waals surface area contributed by atoms with Gasteiger partial charge in [0, 0.05) is 12.3 Å². The lowest BCUT2D eigenvalue weighted by Gasteiger charge is -2.11.